The fraction of sp³-hybridized carbons (Fsp3) is 0. The minimum absolute atomic E-state index is 1.04. The third-order valence-corrected chi connectivity index (χ3v) is 2.04. The number of hydrogen-bond donors (Lipinski definition) is 0. The molecule has 0 aliphatic carbocycles. The fourth-order valence-electron chi connectivity index (χ4n) is 0.962. The Bertz CT molecular complexity index is 320. The summed E-state index contributed by atoms with van der Waals surface area (Å²) in [6.07, 6.45) is 5.97. The van der Waals surface area contributed by atoms with E-state index in [0.717, 1.165) is 5.57 Å². The standard InChI is InChI=1S/C12H11I/c1-11(7-5-6-10-13)12-8-3-2-4-9-12/h2-10H,1H2/b7-5-,10-6-. The van der Waals surface area contributed by atoms with E-state index < -0.39 is 0 Å². The van der Waals surface area contributed by atoms with Crippen molar-refractivity contribution >= 4 is 28.2 Å². The Morgan fingerprint density at radius 2 is 1.85 bits per heavy atom. The first-order valence-corrected chi connectivity index (χ1v) is 5.27. The van der Waals surface area contributed by atoms with Crippen LogP contribution in [0.4, 0.5) is 0 Å². The maximum absolute atomic E-state index is 3.97. The summed E-state index contributed by atoms with van der Waals surface area (Å²) in [6.45, 7) is 3.97. The second-order valence-electron chi connectivity index (χ2n) is 2.57. The molecule has 1 aromatic rings. The van der Waals surface area contributed by atoms with Crippen LogP contribution in [0.2, 0.25) is 0 Å². The lowest BCUT2D eigenvalue weighted by Gasteiger charge is -1.97. The fourth-order valence-corrected chi connectivity index (χ4v) is 1.20. The quantitative estimate of drug-likeness (QED) is 0.575. The number of rotatable bonds is 3. The summed E-state index contributed by atoms with van der Waals surface area (Å²) in [6, 6.07) is 10.1. The molecular weight excluding hydrogens is 271 g/mol. The van der Waals surface area contributed by atoms with Crippen LogP contribution < -0.4 is 0 Å². The van der Waals surface area contributed by atoms with E-state index in [9.17, 15) is 0 Å². The van der Waals surface area contributed by atoms with Crippen molar-refractivity contribution in [3.63, 3.8) is 0 Å². The molecule has 0 aliphatic heterocycles. The Morgan fingerprint density at radius 1 is 1.15 bits per heavy atom. The maximum atomic E-state index is 3.97. The first-order chi connectivity index (χ1) is 6.34. The monoisotopic (exact) mass is 282 g/mol. The summed E-state index contributed by atoms with van der Waals surface area (Å²) >= 11 is 2.19. The lowest BCUT2D eigenvalue weighted by molar-refractivity contribution is 1.63. The van der Waals surface area contributed by atoms with Gasteiger partial charge in [-0.1, -0.05) is 77.7 Å². The Hall–Kier alpha value is -0.830. The minimum atomic E-state index is 1.04. The molecule has 0 bridgehead atoms. The molecule has 0 heterocycles. The molecule has 1 heteroatoms. The normalized spacial score (nSPS) is 11.2. The van der Waals surface area contributed by atoms with Crippen molar-refractivity contribution in [2.75, 3.05) is 0 Å². The molecule has 0 aromatic heterocycles. The van der Waals surface area contributed by atoms with Crippen molar-refractivity contribution in [1.29, 1.82) is 0 Å². The van der Waals surface area contributed by atoms with Crippen LogP contribution in [0.5, 0.6) is 0 Å². The summed E-state index contributed by atoms with van der Waals surface area (Å²) in [5.74, 6) is 0. The van der Waals surface area contributed by atoms with Crippen molar-refractivity contribution < 1.29 is 0 Å². The third kappa shape index (κ3) is 3.59. The topological polar surface area (TPSA) is 0 Å². The van der Waals surface area contributed by atoms with Crippen molar-refractivity contribution in [1.82, 2.24) is 0 Å². The predicted octanol–water partition coefficient (Wildman–Crippen LogP) is 4.20. The predicted molar refractivity (Wildman–Crippen MR) is 67.8 cm³/mol. The molecule has 13 heavy (non-hydrogen) atoms. The Balaban J connectivity index is 2.70. The van der Waals surface area contributed by atoms with E-state index in [0.29, 0.717) is 0 Å². The van der Waals surface area contributed by atoms with Gasteiger partial charge in [-0.15, -0.1) is 0 Å². The van der Waals surface area contributed by atoms with Crippen LogP contribution in [0.3, 0.4) is 0 Å². The van der Waals surface area contributed by atoms with Crippen LogP contribution in [0, 0.1) is 0 Å². The van der Waals surface area contributed by atoms with E-state index in [2.05, 4.69) is 41.3 Å². The Labute approximate surface area is 92.8 Å². The Morgan fingerprint density at radius 3 is 2.46 bits per heavy atom. The van der Waals surface area contributed by atoms with Gasteiger partial charge in [0.1, 0.15) is 0 Å². The van der Waals surface area contributed by atoms with E-state index in [1.807, 2.05) is 40.5 Å². The van der Waals surface area contributed by atoms with Crippen LogP contribution in [0.1, 0.15) is 5.56 Å². The Kier molecular flexibility index (Phi) is 4.54. The molecule has 0 spiro atoms. The lowest BCUT2D eigenvalue weighted by Crippen LogP contribution is -1.75. The molecule has 0 saturated carbocycles. The van der Waals surface area contributed by atoms with Crippen molar-refractivity contribution in [2.45, 2.75) is 0 Å². The van der Waals surface area contributed by atoms with Gasteiger partial charge < -0.3 is 0 Å². The number of benzene rings is 1. The summed E-state index contributed by atoms with van der Waals surface area (Å²) in [5, 5.41) is 0. The molecule has 0 amide bonds. The zero-order chi connectivity index (χ0) is 9.52. The van der Waals surface area contributed by atoms with Crippen LogP contribution in [-0.2, 0) is 0 Å². The van der Waals surface area contributed by atoms with E-state index in [1.54, 1.807) is 0 Å². The SMILES string of the molecule is C=C(/C=C\C=C/I)c1ccccc1. The largest absolute Gasteiger partial charge is 0.0912 e. The molecule has 66 valence electrons. The van der Waals surface area contributed by atoms with Crippen molar-refractivity contribution in [3.05, 3.63) is 64.8 Å². The van der Waals surface area contributed by atoms with Gasteiger partial charge in [-0.25, -0.2) is 0 Å². The molecule has 1 rings (SSSR count). The average Bonchev–Trinajstić information content (AvgIpc) is 2.19. The first kappa shape index (κ1) is 10.3. The molecule has 0 nitrogen and oxygen atoms in total. The van der Waals surface area contributed by atoms with Gasteiger partial charge in [-0.2, -0.15) is 0 Å². The first-order valence-electron chi connectivity index (χ1n) is 4.02. The summed E-state index contributed by atoms with van der Waals surface area (Å²) in [7, 11) is 0. The molecule has 0 unspecified atom stereocenters. The van der Waals surface area contributed by atoms with Crippen LogP contribution in [0.15, 0.2) is 59.2 Å². The summed E-state index contributed by atoms with van der Waals surface area (Å²) < 4.78 is 1.96. The zero-order valence-electron chi connectivity index (χ0n) is 7.28. The highest BCUT2D eigenvalue weighted by Gasteiger charge is 1.90. The molecule has 0 atom stereocenters. The molecule has 1 aromatic carbocycles. The molecule has 0 fully saturated rings. The van der Waals surface area contributed by atoms with E-state index in [4.69, 9.17) is 0 Å². The highest BCUT2D eigenvalue weighted by molar-refractivity contribution is 14.1. The average molecular weight is 282 g/mol. The molecule has 0 aliphatic rings. The molecule has 0 saturated heterocycles. The van der Waals surface area contributed by atoms with Gasteiger partial charge in [0.05, 0.1) is 0 Å². The second-order valence-corrected chi connectivity index (χ2v) is 3.29. The smallest absolute Gasteiger partial charge is 0.0190 e. The van der Waals surface area contributed by atoms with E-state index >= 15 is 0 Å². The van der Waals surface area contributed by atoms with Gasteiger partial charge in [0.15, 0.2) is 0 Å². The summed E-state index contributed by atoms with van der Waals surface area (Å²) in [5.41, 5.74) is 2.20. The van der Waals surface area contributed by atoms with Crippen LogP contribution >= 0.6 is 22.6 Å². The molecular formula is C12H11I. The maximum Gasteiger partial charge on any atom is -0.0190 e. The van der Waals surface area contributed by atoms with Crippen LogP contribution in [0.25, 0.3) is 5.57 Å². The second kappa shape index (κ2) is 5.75. The van der Waals surface area contributed by atoms with Crippen LogP contribution in [-0.4, -0.2) is 0 Å². The third-order valence-electron chi connectivity index (χ3n) is 1.63. The van der Waals surface area contributed by atoms with Gasteiger partial charge in [0.25, 0.3) is 0 Å². The highest BCUT2D eigenvalue weighted by Crippen LogP contribution is 2.12. The molecule has 0 radical (unpaired) electrons. The van der Waals surface area contributed by atoms with Gasteiger partial charge in [0, 0.05) is 0 Å². The van der Waals surface area contributed by atoms with Crippen molar-refractivity contribution in [3.8, 4) is 0 Å². The van der Waals surface area contributed by atoms with Gasteiger partial charge in [0.2, 0.25) is 0 Å². The van der Waals surface area contributed by atoms with Gasteiger partial charge in [-0.3, -0.25) is 0 Å². The van der Waals surface area contributed by atoms with Crippen molar-refractivity contribution in [2.24, 2.45) is 0 Å². The molecule has 0 N–H and O–H groups in total. The number of halogens is 1. The lowest BCUT2D eigenvalue weighted by atomic mass is 10.1. The number of allylic oxidation sites excluding steroid dienone is 4. The summed E-state index contributed by atoms with van der Waals surface area (Å²) in [4.78, 5) is 0. The van der Waals surface area contributed by atoms with E-state index in [1.165, 1.54) is 5.56 Å². The zero-order valence-corrected chi connectivity index (χ0v) is 9.44. The van der Waals surface area contributed by atoms with E-state index in [-0.39, 0.29) is 0 Å². The highest BCUT2D eigenvalue weighted by atomic mass is 127. The minimum Gasteiger partial charge on any atom is -0.0912 e. The van der Waals surface area contributed by atoms with Gasteiger partial charge in [-0.05, 0) is 15.2 Å². The van der Waals surface area contributed by atoms with Gasteiger partial charge >= 0.3 is 0 Å². The number of hydrogen-bond acceptors (Lipinski definition) is 0.